The van der Waals surface area contributed by atoms with E-state index in [9.17, 15) is 0 Å². The summed E-state index contributed by atoms with van der Waals surface area (Å²) < 4.78 is 1.07. The van der Waals surface area contributed by atoms with Gasteiger partial charge in [0.25, 0.3) is 0 Å². The fraction of sp³-hybridized carbons (Fsp3) is 0.412. The molecule has 1 fully saturated rings. The van der Waals surface area contributed by atoms with Gasteiger partial charge in [-0.1, -0.05) is 22.9 Å². The number of likely N-dealkylation sites (N-methyl/N-ethyl adjacent to an activating group) is 1. The maximum atomic E-state index is 4.68. The van der Waals surface area contributed by atoms with Gasteiger partial charge < -0.3 is 15.1 Å². The molecule has 2 heterocycles. The van der Waals surface area contributed by atoms with Crippen molar-refractivity contribution in [3.8, 4) is 0 Å². The molecule has 23 heavy (non-hydrogen) atoms. The Labute approximate surface area is 145 Å². The molecule has 1 aliphatic rings. The summed E-state index contributed by atoms with van der Waals surface area (Å²) in [7, 11) is 0. The van der Waals surface area contributed by atoms with Gasteiger partial charge in [0.15, 0.2) is 0 Å². The van der Waals surface area contributed by atoms with E-state index in [1.165, 1.54) is 0 Å². The Morgan fingerprint density at radius 1 is 1.17 bits per heavy atom. The number of anilines is 3. The molecule has 3 rings (SSSR count). The standard InChI is InChI=1S/C17H22BrN5/c1-3-22-8-10-23(11-9-22)16-6-7-19-17(21-16)20-15-5-4-14(18)12-13(15)2/h4-7,12H,3,8-11H2,1-2H3,(H,19,20,21). The maximum absolute atomic E-state index is 4.68. The highest BCUT2D eigenvalue weighted by molar-refractivity contribution is 9.10. The highest BCUT2D eigenvalue weighted by Crippen LogP contribution is 2.23. The van der Waals surface area contributed by atoms with E-state index in [1.807, 2.05) is 24.4 Å². The number of nitrogens with zero attached hydrogens (tertiary/aromatic N) is 4. The fourth-order valence-electron chi connectivity index (χ4n) is 2.77. The van der Waals surface area contributed by atoms with Crippen molar-refractivity contribution < 1.29 is 0 Å². The predicted octanol–water partition coefficient (Wildman–Crippen LogP) is 3.43. The monoisotopic (exact) mass is 375 g/mol. The highest BCUT2D eigenvalue weighted by Gasteiger charge is 2.17. The van der Waals surface area contributed by atoms with Crippen molar-refractivity contribution in [2.75, 3.05) is 42.9 Å². The minimum absolute atomic E-state index is 0.644. The smallest absolute Gasteiger partial charge is 0.229 e. The summed E-state index contributed by atoms with van der Waals surface area (Å²) in [5.41, 5.74) is 2.19. The first-order valence-corrected chi connectivity index (χ1v) is 8.78. The predicted molar refractivity (Wildman–Crippen MR) is 98.5 cm³/mol. The summed E-state index contributed by atoms with van der Waals surface area (Å²) >= 11 is 3.49. The molecule has 1 N–H and O–H groups in total. The zero-order valence-corrected chi connectivity index (χ0v) is 15.2. The molecule has 1 aliphatic heterocycles. The second-order valence-electron chi connectivity index (χ2n) is 5.74. The van der Waals surface area contributed by atoms with E-state index in [4.69, 9.17) is 0 Å². The van der Waals surface area contributed by atoms with Crippen LogP contribution in [0.3, 0.4) is 0 Å². The molecule has 0 amide bonds. The third-order valence-corrected chi connectivity index (χ3v) is 4.71. The molecule has 122 valence electrons. The van der Waals surface area contributed by atoms with E-state index in [0.717, 1.165) is 54.3 Å². The molecule has 5 nitrogen and oxygen atoms in total. The van der Waals surface area contributed by atoms with E-state index in [2.05, 4.69) is 60.9 Å². The Kier molecular flexibility index (Phi) is 5.13. The number of nitrogens with one attached hydrogen (secondary N) is 1. The Morgan fingerprint density at radius 3 is 2.65 bits per heavy atom. The van der Waals surface area contributed by atoms with Gasteiger partial charge in [0.1, 0.15) is 5.82 Å². The minimum atomic E-state index is 0.644. The summed E-state index contributed by atoms with van der Waals surface area (Å²) in [6.45, 7) is 9.62. The Bertz CT molecular complexity index is 668. The molecule has 0 aliphatic carbocycles. The number of aromatic nitrogens is 2. The molecule has 0 spiro atoms. The summed E-state index contributed by atoms with van der Waals surface area (Å²) in [6.07, 6.45) is 1.82. The molecule has 0 saturated carbocycles. The molecule has 1 saturated heterocycles. The van der Waals surface area contributed by atoms with Crippen molar-refractivity contribution in [1.82, 2.24) is 14.9 Å². The van der Waals surface area contributed by atoms with Crippen LogP contribution in [0.2, 0.25) is 0 Å². The maximum Gasteiger partial charge on any atom is 0.229 e. The van der Waals surface area contributed by atoms with Gasteiger partial charge >= 0.3 is 0 Å². The Hall–Kier alpha value is -1.66. The van der Waals surface area contributed by atoms with Gasteiger partial charge in [0.2, 0.25) is 5.95 Å². The number of benzene rings is 1. The van der Waals surface area contributed by atoms with Crippen LogP contribution in [-0.4, -0.2) is 47.6 Å². The molecule has 2 aromatic rings. The minimum Gasteiger partial charge on any atom is -0.354 e. The fourth-order valence-corrected chi connectivity index (χ4v) is 3.24. The molecule has 0 unspecified atom stereocenters. The largest absolute Gasteiger partial charge is 0.354 e. The quantitative estimate of drug-likeness (QED) is 0.886. The number of aryl methyl sites for hydroxylation is 1. The lowest BCUT2D eigenvalue weighted by molar-refractivity contribution is 0.270. The van der Waals surface area contributed by atoms with Crippen molar-refractivity contribution in [1.29, 1.82) is 0 Å². The van der Waals surface area contributed by atoms with E-state index < -0.39 is 0 Å². The first-order chi connectivity index (χ1) is 11.2. The van der Waals surface area contributed by atoms with Crippen LogP contribution in [0.4, 0.5) is 17.5 Å². The van der Waals surface area contributed by atoms with E-state index in [1.54, 1.807) is 0 Å². The first kappa shape index (κ1) is 16.2. The molecule has 1 aromatic heterocycles. The van der Waals surface area contributed by atoms with Crippen LogP contribution in [0.5, 0.6) is 0 Å². The molecule has 0 radical (unpaired) electrons. The summed E-state index contributed by atoms with van der Waals surface area (Å²) in [5, 5.41) is 3.32. The van der Waals surface area contributed by atoms with Crippen LogP contribution in [-0.2, 0) is 0 Å². The molecule has 0 atom stereocenters. The van der Waals surface area contributed by atoms with Gasteiger partial charge in [-0.2, -0.15) is 4.98 Å². The number of hydrogen-bond acceptors (Lipinski definition) is 5. The van der Waals surface area contributed by atoms with Crippen molar-refractivity contribution in [3.05, 3.63) is 40.5 Å². The normalized spacial score (nSPS) is 15.7. The lowest BCUT2D eigenvalue weighted by Gasteiger charge is -2.34. The molecule has 0 bridgehead atoms. The third kappa shape index (κ3) is 4.00. The van der Waals surface area contributed by atoms with Crippen LogP contribution in [0.25, 0.3) is 0 Å². The average molecular weight is 376 g/mol. The average Bonchev–Trinajstić information content (AvgIpc) is 2.58. The second kappa shape index (κ2) is 7.27. The molecular weight excluding hydrogens is 354 g/mol. The van der Waals surface area contributed by atoms with Gasteiger partial charge in [-0.3, -0.25) is 0 Å². The summed E-state index contributed by atoms with van der Waals surface area (Å²) in [4.78, 5) is 13.8. The van der Waals surface area contributed by atoms with Crippen LogP contribution < -0.4 is 10.2 Å². The van der Waals surface area contributed by atoms with Crippen molar-refractivity contribution >= 4 is 33.4 Å². The SMILES string of the molecule is CCN1CCN(c2ccnc(Nc3ccc(Br)cc3C)n2)CC1. The van der Waals surface area contributed by atoms with Gasteiger partial charge in [0.05, 0.1) is 0 Å². The molecular formula is C17H22BrN5. The highest BCUT2D eigenvalue weighted by atomic mass is 79.9. The van der Waals surface area contributed by atoms with Crippen LogP contribution in [0.1, 0.15) is 12.5 Å². The lowest BCUT2D eigenvalue weighted by atomic mass is 10.2. The summed E-state index contributed by atoms with van der Waals surface area (Å²) in [6, 6.07) is 8.12. The molecule has 1 aromatic carbocycles. The lowest BCUT2D eigenvalue weighted by Crippen LogP contribution is -2.46. The van der Waals surface area contributed by atoms with Crippen LogP contribution in [0, 0.1) is 6.92 Å². The third-order valence-electron chi connectivity index (χ3n) is 4.22. The van der Waals surface area contributed by atoms with Crippen LogP contribution in [0.15, 0.2) is 34.9 Å². The van der Waals surface area contributed by atoms with Crippen molar-refractivity contribution in [3.63, 3.8) is 0 Å². The second-order valence-corrected chi connectivity index (χ2v) is 6.66. The van der Waals surface area contributed by atoms with Gasteiger partial charge in [-0.15, -0.1) is 0 Å². The van der Waals surface area contributed by atoms with Crippen molar-refractivity contribution in [2.45, 2.75) is 13.8 Å². The van der Waals surface area contributed by atoms with Gasteiger partial charge in [-0.05, 0) is 43.3 Å². The Balaban J connectivity index is 1.72. The van der Waals surface area contributed by atoms with E-state index in [0.29, 0.717) is 5.95 Å². The first-order valence-electron chi connectivity index (χ1n) is 7.99. The van der Waals surface area contributed by atoms with E-state index in [-0.39, 0.29) is 0 Å². The van der Waals surface area contributed by atoms with Crippen molar-refractivity contribution in [2.24, 2.45) is 0 Å². The zero-order chi connectivity index (χ0) is 16.2. The van der Waals surface area contributed by atoms with Gasteiger partial charge in [0, 0.05) is 42.5 Å². The van der Waals surface area contributed by atoms with Crippen LogP contribution >= 0.6 is 15.9 Å². The number of rotatable bonds is 4. The molecule has 6 heteroatoms. The topological polar surface area (TPSA) is 44.3 Å². The Morgan fingerprint density at radius 2 is 1.96 bits per heavy atom. The summed E-state index contributed by atoms with van der Waals surface area (Å²) in [5.74, 6) is 1.64. The van der Waals surface area contributed by atoms with Gasteiger partial charge in [-0.25, -0.2) is 4.98 Å². The number of halogens is 1. The zero-order valence-electron chi connectivity index (χ0n) is 13.6. The van der Waals surface area contributed by atoms with E-state index >= 15 is 0 Å². The number of piperazine rings is 1. The number of hydrogen-bond donors (Lipinski definition) is 1.